The summed E-state index contributed by atoms with van der Waals surface area (Å²) in [6.45, 7) is 1.07. The van der Waals surface area contributed by atoms with Gasteiger partial charge in [-0.05, 0) is 48.4 Å². The molecular weight excluding hydrogens is 256 g/mol. The number of nitrogens with zero attached hydrogens (tertiary/aromatic N) is 1. The van der Waals surface area contributed by atoms with E-state index in [1.165, 1.54) is 10.5 Å². The second-order valence-corrected chi connectivity index (χ2v) is 5.33. The molecule has 2 aromatic rings. The Kier molecular flexibility index (Phi) is 5.72. The Hall–Kier alpha value is -1.52. The largest absolute Gasteiger partial charge is 0.396 e. The molecule has 0 amide bonds. The third kappa shape index (κ3) is 4.93. The summed E-state index contributed by atoms with van der Waals surface area (Å²) in [5, 5.41) is 12.1. The first-order valence-electron chi connectivity index (χ1n) is 6.35. The zero-order chi connectivity index (χ0) is 13.3. The van der Waals surface area contributed by atoms with Gasteiger partial charge in [-0.25, -0.2) is 0 Å². The van der Waals surface area contributed by atoms with Crippen molar-refractivity contribution in [2.75, 3.05) is 17.7 Å². The van der Waals surface area contributed by atoms with Gasteiger partial charge in [0.1, 0.15) is 0 Å². The van der Waals surface area contributed by atoms with E-state index >= 15 is 0 Å². The monoisotopic (exact) mass is 274 g/mol. The molecule has 0 aliphatic heterocycles. The summed E-state index contributed by atoms with van der Waals surface area (Å²) in [4.78, 5) is 5.24. The highest BCUT2D eigenvalue weighted by atomic mass is 32.2. The predicted molar refractivity (Wildman–Crippen MR) is 80.4 cm³/mol. The highest BCUT2D eigenvalue weighted by Gasteiger charge is 1.96. The van der Waals surface area contributed by atoms with Crippen molar-refractivity contribution in [1.29, 1.82) is 0 Å². The van der Waals surface area contributed by atoms with Crippen LogP contribution in [-0.2, 0) is 6.54 Å². The molecule has 0 aliphatic rings. The Morgan fingerprint density at radius 1 is 1.05 bits per heavy atom. The van der Waals surface area contributed by atoms with Crippen molar-refractivity contribution in [3.8, 4) is 0 Å². The number of aliphatic hydroxyl groups excluding tert-OH is 1. The first-order chi connectivity index (χ1) is 9.38. The van der Waals surface area contributed by atoms with E-state index in [0.29, 0.717) is 0 Å². The fourth-order valence-corrected chi connectivity index (χ4v) is 2.47. The molecule has 0 radical (unpaired) electrons. The average Bonchev–Trinajstić information content (AvgIpc) is 2.48. The van der Waals surface area contributed by atoms with Gasteiger partial charge in [0.25, 0.3) is 0 Å². The van der Waals surface area contributed by atoms with Crippen LogP contribution in [0, 0.1) is 0 Å². The van der Waals surface area contributed by atoms with Crippen LogP contribution in [-0.4, -0.2) is 22.5 Å². The third-order valence-electron chi connectivity index (χ3n) is 2.67. The predicted octanol–water partition coefficient (Wildman–Crippen LogP) is 3.17. The van der Waals surface area contributed by atoms with Crippen molar-refractivity contribution in [2.45, 2.75) is 17.9 Å². The van der Waals surface area contributed by atoms with Gasteiger partial charge in [-0.3, -0.25) is 4.98 Å². The number of rotatable bonds is 7. The van der Waals surface area contributed by atoms with Crippen molar-refractivity contribution in [3.63, 3.8) is 0 Å². The fraction of sp³-hybridized carbons (Fsp3) is 0.267. The Labute approximate surface area is 118 Å². The smallest absolute Gasteiger partial charge is 0.0439 e. The Balaban J connectivity index is 1.81. The molecule has 1 aromatic carbocycles. The van der Waals surface area contributed by atoms with E-state index in [-0.39, 0.29) is 6.61 Å². The van der Waals surface area contributed by atoms with E-state index in [4.69, 9.17) is 5.11 Å². The number of anilines is 1. The van der Waals surface area contributed by atoms with E-state index in [1.54, 1.807) is 24.2 Å². The topological polar surface area (TPSA) is 45.1 Å². The van der Waals surface area contributed by atoms with Crippen LogP contribution in [0.15, 0.2) is 53.7 Å². The van der Waals surface area contributed by atoms with Crippen LogP contribution in [0.3, 0.4) is 0 Å². The number of hydrogen-bond donors (Lipinski definition) is 2. The average molecular weight is 274 g/mol. The molecule has 19 heavy (non-hydrogen) atoms. The van der Waals surface area contributed by atoms with Crippen LogP contribution >= 0.6 is 11.8 Å². The van der Waals surface area contributed by atoms with Crippen LogP contribution in [0.1, 0.15) is 12.0 Å². The number of nitrogens with one attached hydrogen (secondary N) is 1. The van der Waals surface area contributed by atoms with Crippen molar-refractivity contribution < 1.29 is 5.11 Å². The van der Waals surface area contributed by atoms with E-state index in [1.807, 2.05) is 12.1 Å². The molecule has 3 nitrogen and oxygen atoms in total. The molecule has 0 bridgehead atoms. The minimum atomic E-state index is 0.262. The van der Waals surface area contributed by atoms with Gasteiger partial charge in [0.2, 0.25) is 0 Å². The molecule has 0 atom stereocenters. The number of pyridine rings is 1. The molecule has 0 aliphatic carbocycles. The van der Waals surface area contributed by atoms with Gasteiger partial charge in [-0.1, -0.05) is 0 Å². The highest BCUT2D eigenvalue weighted by molar-refractivity contribution is 7.99. The van der Waals surface area contributed by atoms with E-state index in [2.05, 4.69) is 34.6 Å². The van der Waals surface area contributed by atoms with E-state index < -0.39 is 0 Å². The van der Waals surface area contributed by atoms with Crippen LogP contribution in [0.2, 0.25) is 0 Å². The zero-order valence-electron chi connectivity index (χ0n) is 10.7. The van der Waals surface area contributed by atoms with Gasteiger partial charge < -0.3 is 10.4 Å². The van der Waals surface area contributed by atoms with Crippen molar-refractivity contribution in [1.82, 2.24) is 4.98 Å². The molecule has 0 saturated heterocycles. The fourth-order valence-electron chi connectivity index (χ4n) is 1.63. The lowest BCUT2D eigenvalue weighted by Gasteiger charge is -2.07. The summed E-state index contributed by atoms with van der Waals surface area (Å²) < 4.78 is 0. The Morgan fingerprint density at radius 2 is 1.79 bits per heavy atom. The second kappa shape index (κ2) is 7.81. The lowest BCUT2D eigenvalue weighted by atomic mass is 10.2. The van der Waals surface area contributed by atoms with Gasteiger partial charge in [0.05, 0.1) is 0 Å². The molecule has 0 fully saturated rings. The summed E-state index contributed by atoms with van der Waals surface area (Å²) in [6, 6.07) is 12.4. The maximum Gasteiger partial charge on any atom is 0.0439 e. The molecule has 1 heterocycles. The van der Waals surface area contributed by atoms with Gasteiger partial charge in [-0.15, -0.1) is 11.8 Å². The van der Waals surface area contributed by atoms with Crippen LogP contribution in [0.4, 0.5) is 5.69 Å². The van der Waals surface area contributed by atoms with Gasteiger partial charge >= 0.3 is 0 Å². The molecule has 0 unspecified atom stereocenters. The molecule has 2 rings (SSSR count). The molecule has 0 saturated carbocycles. The van der Waals surface area contributed by atoms with Crippen molar-refractivity contribution >= 4 is 17.4 Å². The molecule has 0 spiro atoms. The maximum atomic E-state index is 8.74. The van der Waals surface area contributed by atoms with Crippen molar-refractivity contribution in [3.05, 3.63) is 54.4 Å². The first kappa shape index (κ1) is 13.9. The van der Waals surface area contributed by atoms with Gasteiger partial charge in [0.15, 0.2) is 0 Å². The molecule has 4 heteroatoms. The number of hydrogen-bond acceptors (Lipinski definition) is 4. The summed E-state index contributed by atoms with van der Waals surface area (Å²) in [5.41, 5.74) is 2.33. The lowest BCUT2D eigenvalue weighted by Crippen LogP contribution is -1.98. The summed E-state index contributed by atoms with van der Waals surface area (Å²) >= 11 is 1.77. The summed E-state index contributed by atoms with van der Waals surface area (Å²) in [6.07, 6.45) is 4.45. The van der Waals surface area contributed by atoms with Crippen LogP contribution < -0.4 is 5.32 Å². The lowest BCUT2D eigenvalue weighted by molar-refractivity contribution is 0.296. The highest BCUT2D eigenvalue weighted by Crippen LogP contribution is 2.21. The molecule has 100 valence electrons. The number of aliphatic hydroxyl groups is 1. The van der Waals surface area contributed by atoms with Gasteiger partial charge in [0, 0.05) is 41.9 Å². The Bertz CT molecular complexity index is 473. The molecule has 1 aromatic heterocycles. The van der Waals surface area contributed by atoms with E-state index in [0.717, 1.165) is 24.4 Å². The molecule has 2 N–H and O–H groups in total. The minimum absolute atomic E-state index is 0.262. The van der Waals surface area contributed by atoms with Crippen molar-refractivity contribution in [2.24, 2.45) is 0 Å². The first-order valence-corrected chi connectivity index (χ1v) is 7.33. The SMILES string of the molecule is OCCCSc1ccc(NCc2ccncc2)cc1. The third-order valence-corrected chi connectivity index (χ3v) is 3.77. The Morgan fingerprint density at radius 3 is 2.47 bits per heavy atom. The quantitative estimate of drug-likeness (QED) is 0.601. The number of aromatic nitrogens is 1. The van der Waals surface area contributed by atoms with E-state index in [9.17, 15) is 0 Å². The normalized spacial score (nSPS) is 10.4. The zero-order valence-corrected chi connectivity index (χ0v) is 11.6. The standard InChI is InChI=1S/C15H18N2OS/c18-10-1-11-19-15-4-2-14(3-5-15)17-12-13-6-8-16-9-7-13/h2-9,17-18H,1,10-12H2. The minimum Gasteiger partial charge on any atom is -0.396 e. The number of thioether (sulfide) groups is 1. The second-order valence-electron chi connectivity index (χ2n) is 4.16. The summed E-state index contributed by atoms with van der Waals surface area (Å²) in [5.74, 6) is 0.959. The van der Waals surface area contributed by atoms with Crippen LogP contribution in [0.25, 0.3) is 0 Å². The number of benzene rings is 1. The summed E-state index contributed by atoms with van der Waals surface area (Å²) in [7, 11) is 0. The van der Waals surface area contributed by atoms with Crippen LogP contribution in [0.5, 0.6) is 0 Å². The maximum absolute atomic E-state index is 8.74. The molecular formula is C15H18N2OS. The van der Waals surface area contributed by atoms with Gasteiger partial charge in [-0.2, -0.15) is 0 Å².